The fourth-order valence-electron chi connectivity index (χ4n) is 3.36. The highest BCUT2D eigenvalue weighted by Crippen LogP contribution is 2.13. The summed E-state index contributed by atoms with van der Waals surface area (Å²) in [7, 11) is 0. The van der Waals surface area contributed by atoms with Gasteiger partial charge in [-0.3, -0.25) is 14.4 Å². The summed E-state index contributed by atoms with van der Waals surface area (Å²) in [6.45, 7) is 3.90. The molecule has 218 valence electrons. The number of aromatic nitrogens is 4. The van der Waals surface area contributed by atoms with Crippen LogP contribution in [0.4, 0.5) is 0 Å². The van der Waals surface area contributed by atoms with Crippen LogP contribution in [0.3, 0.4) is 0 Å². The molecule has 0 saturated heterocycles. The zero-order chi connectivity index (χ0) is 29.0. The van der Waals surface area contributed by atoms with Crippen LogP contribution in [0.2, 0.25) is 0 Å². The third kappa shape index (κ3) is 12.7. The number of amides is 2. The van der Waals surface area contributed by atoms with Crippen molar-refractivity contribution >= 4 is 18.1 Å². The Morgan fingerprint density at radius 3 is 1.90 bits per heavy atom. The second-order valence-electron chi connectivity index (χ2n) is 8.54. The number of nitrogens with zero attached hydrogens (tertiary/aromatic N) is 4. The summed E-state index contributed by atoms with van der Waals surface area (Å²) < 4.78 is 21.7. The Bertz CT molecular complexity index is 1180. The Morgan fingerprint density at radius 2 is 1.29 bits per heavy atom. The average molecular weight is 567 g/mol. The van der Waals surface area contributed by atoms with Crippen LogP contribution in [0.5, 0.6) is 0 Å². The summed E-state index contributed by atoms with van der Waals surface area (Å²) in [5.74, 6) is 0.124. The Hall–Kier alpha value is -4.17. The first-order valence-electron chi connectivity index (χ1n) is 13.2. The maximum absolute atomic E-state index is 12.0. The van der Waals surface area contributed by atoms with Crippen molar-refractivity contribution in [3.05, 3.63) is 71.5 Å². The minimum atomic E-state index is -0.221. The van der Waals surface area contributed by atoms with E-state index < -0.39 is 0 Å². The van der Waals surface area contributed by atoms with E-state index in [1.54, 1.807) is 24.3 Å². The van der Waals surface area contributed by atoms with Crippen LogP contribution in [0, 0.1) is 0 Å². The van der Waals surface area contributed by atoms with E-state index in [1.807, 2.05) is 24.3 Å². The monoisotopic (exact) mass is 566 g/mol. The minimum Gasteiger partial charge on any atom is -0.379 e. The maximum Gasteiger partial charge on any atom is 0.251 e. The molecule has 0 fully saturated rings. The zero-order valence-electron chi connectivity index (χ0n) is 22.7. The van der Waals surface area contributed by atoms with Crippen LogP contribution in [-0.4, -0.2) is 97.9 Å². The molecule has 3 rings (SSSR count). The van der Waals surface area contributed by atoms with Crippen LogP contribution in [0.15, 0.2) is 54.9 Å². The van der Waals surface area contributed by atoms with E-state index in [2.05, 4.69) is 31.0 Å². The third-order valence-electron chi connectivity index (χ3n) is 5.54. The number of carbonyl (C=O) groups excluding carboxylic acids is 3. The second kappa shape index (κ2) is 19.0. The van der Waals surface area contributed by atoms with Gasteiger partial charge >= 0.3 is 0 Å². The predicted octanol–water partition coefficient (Wildman–Crippen LogP) is 1.25. The van der Waals surface area contributed by atoms with Crippen LogP contribution in [0.1, 0.15) is 32.7 Å². The molecule has 41 heavy (non-hydrogen) atoms. The Kier molecular flexibility index (Phi) is 14.5. The maximum atomic E-state index is 12.0. The summed E-state index contributed by atoms with van der Waals surface area (Å²) in [5.41, 5.74) is 2.76. The van der Waals surface area contributed by atoms with Gasteiger partial charge in [-0.25, -0.2) is 0 Å². The van der Waals surface area contributed by atoms with Gasteiger partial charge < -0.3 is 29.6 Å². The van der Waals surface area contributed by atoms with Crippen LogP contribution < -0.4 is 10.6 Å². The average Bonchev–Trinajstić information content (AvgIpc) is 3.02. The number of aldehydes is 1. The van der Waals surface area contributed by atoms with Gasteiger partial charge in [-0.05, 0) is 17.7 Å². The molecule has 0 spiro atoms. The summed E-state index contributed by atoms with van der Waals surface area (Å²) in [6, 6.07) is 13.9. The number of nitrogens with one attached hydrogen (secondary N) is 2. The molecule has 0 radical (unpaired) electrons. The quantitative estimate of drug-likeness (QED) is 0.149. The summed E-state index contributed by atoms with van der Waals surface area (Å²) >= 11 is 0. The van der Waals surface area contributed by atoms with Gasteiger partial charge in [-0.2, -0.15) is 0 Å². The van der Waals surface area contributed by atoms with E-state index >= 15 is 0 Å². The lowest BCUT2D eigenvalue weighted by Crippen LogP contribution is -2.27. The largest absolute Gasteiger partial charge is 0.379 e. The number of ether oxygens (including phenoxy) is 4. The molecule has 0 saturated carbocycles. The molecule has 0 aliphatic carbocycles. The summed E-state index contributed by atoms with van der Waals surface area (Å²) in [4.78, 5) is 34.7. The molecular weight excluding hydrogens is 532 g/mol. The molecule has 0 bridgehead atoms. The SMILES string of the molecule is O=Cc1ccc(C(=O)NCCOCCOCCOCCOCCC(=O)NCc2ccc(-c3nncnn3)cc2)cc1. The fraction of sp³-hybridized carbons (Fsp3) is 0.393. The summed E-state index contributed by atoms with van der Waals surface area (Å²) in [6.07, 6.45) is 2.26. The van der Waals surface area contributed by atoms with Crippen molar-refractivity contribution in [2.75, 3.05) is 59.4 Å². The number of carbonyl (C=O) groups is 3. The van der Waals surface area contributed by atoms with Gasteiger partial charge in [0.1, 0.15) is 6.29 Å². The Labute approximate surface area is 238 Å². The number of hydrogen-bond acceptors (Lipinski definition) is 11. The highest BCUT2D eigenvalue weighted by atomic mass is 16.6. The van der Waals surface area contributed by atoms with Crippen molar-refractivity contribution in [1.82, 2.24) is 31.0 Å². The minimum absolute atomic E-state index is 0.0989. The fourth-order valence-corrected chi connectivity index (χ4v) is 3.36. The molecule has 13 nitrogen and oxygen atoms in total. The molecule has 1 heterocycles. The van der Waals surface area contributed by atoms with Crippen LogP contribution in [0.25, 0.3) is 11.4 Å². The number of benzene rings is 2. The van der Waals surface area contributed by atoms with Crippen molar-refractivity contribution in [2.45, 2.75) is 13.0 Å². The molecule has 2 aromatic carbocycles. The van der Waals surface area contributed by atoms with Crippen LogP contribution >= 0.6 is 0 Å². The normalized spacial score (nSPS) is 10.7. The highest BCUT2D eigenvalue weighted by Gasteiger charge is 2.05. The van der Waals surface area contributed by atoms with Crippen molar-refractivity contribution in [3.8, 4) is 11.4 Å². The van der Waals surface area contributed by atoms with Gasteiger partial charge in [0.25, 0.3) is 5.91 Å². The molecule has 2 amide bonds. The summed E-state index contributed by atoms with van der Waals surface area (Å²) in [5, 5.41) is 20.9. The standard InChI is InChI=1S/C28H34N6O7/c35-20-23-3-7-25(8-4-23)28(37)29-10-12-39-14-16-41-18-17-40-15-13-38-11-9-26(36)30-19-22-1-5-24(6-2-22)27-33-31-21-32-34-27/h1-8,20-21H,9-19H2,(H,29,37)(H,30,36). The Morgan fingerprint density at radius 1 is 0.707 bits per heavy atom. The molecule has 0 atom stereocenters. The topological polar surface area (TPSA) is 164 Å². The zero-order valence-corrected chi connectivity index (χ0v) is 22.7. The predicted molar refractivity (Wildman–Crippen MR) is 147 cm³/mol. The molecule has 2 N–H and O–H groups in total. The molecule has 0 aliphatic rings. The van der Waals surface area contributed by atoms with E-state index in [0.29, 0.717) is 82.9 Å². The molecule has 0 aliphatic heterocycles. The van der Waals surface area contributed by atoms with Gasteiger partial charge in [0.05, 0.1) is 52.9 Å². The Balaban J connectivity index is 1.07. The van der Waals surface area contributed by atoms with E-state index in [-0.39, 0.29) is 18.2 Å². The van der Waals surface area contributed by atoms with Gasteiger partial charge in [-0.1, -0.05) is 36.4 Å². The van der Waals surface area contributed by atoms with E-state index in [4.69, 9.17) is 18.9 Å². The van der Waals surface area contributed by atoms with E-state index in [1.165, 1.54) is 6.33 Å². The van der Waals surface area contributed by atoms with Crippen molar-refractivity contribution in [2.24, 2.45) is 0 Å². The lowest BCUT2D eigenvalue weighted by molar-refractivity contribution is -0.122. The van der Waals surface area contributed by atoms with Gasteiger partial charge in [-0.15, -0.1) is 20.4 Å². The number of hydrogen-bond donors (Lipinski definition) is 2. The van der Waals surface area contributed by atoms with E-state index in [9.17, 15) is 14.4 Å². The van der Waals surface area contributed by atoms with Crippen molar-refractivity contribution in [3.63, 3.8) is 0 Å². The molecule has 3 aromatic rings. The van der Waals surface area contributed by atoms with E-state index in [0.717, 1.165) is 17.4 Å². The van der Waals surface area contributed by atoms with Gasteiger partial charge in [0.15, 0.2) is 6.33 Å². The second-order valence-corrected chi connectivity index (χ2v) is 8.54. The smallest absolute Gasteiger partial charge is 0.251 e. The molecular formula is C28H34N6O7. The van der Waals surface area contributed by atoms with Crippen LogP contribution in [-0.2, 0) is 30.3 Å². The van der Waals surface area contributed by atoms with Gasteiger partial charge in [0.2, 0.25) is 11.7 Å². The van der Waals surface area contributed by atoms with Crippen molar-refractivity contribution < 1.29 is 33.3 Å². The molecule has 13 heteroatoms. The first kappa shape index (κ1) is 31.4. The first-order chi connectivity index (χ1) is 20.2. The van der Waals surface area contributed by atoms with Gasteiger partial charge in [0, 0.05) is 36.2 Å². The molecule has 1 aromatic heterocycles. The molecule has 0 unspecified atom stereocenters. The third-order valence-corrected chi connectivity index (χ3v) is 5.54. The lowest BCUT2D eigenvalue weighted by atomic mass is 10.1. The van der Waals surface area contributed by atoms with Crippen molar-refractivity contribution in [1.29, 1.82) is 0 Å². The number of rotatable bonds is 20. The lowest BCUT2D eigenvalue weighted by Gasteiger charge is -2.09. The highest BCUT2D eigenvalue weighted by molar-refractivity contribution is 5.94. The first-order valence-corrected chi connectivity index (χ1v) is 13.2.